The van der Waals surface area contributed by atoms with Gasteiger partial charge in [0.2, 0.25) is 0 Å². The Kier molecular flexibility index (Phi) is 4.35. The van der Waals surface area contributed by atoms with Gasteiger partial charge in [-0.2, -0.15) is 5.10 Å². The van der Waals surface area contributed by atoms with Crippen LogP contribution in [0.15, 0.2) is 6.33 Å². The van der Waals surface area contributed by atoms with Crippen molar-refractivity contribution >= 4 is 0 Å². The van der Waals surface area contributed by atoms with Crippen LogP contribution in [-0.4, -0.2) is 40.6 Å². The summed E-state index contributed by atoms with van der Waals surface area (Å²) in [4.78, 5) is 4.35. The molecule has 1 aliphatic heterocycles. The van der Waals surface area contributed by atoms with Crippen molar-refractivity contribution in [3.63, 3.8) is 0 Å². The van der Waals surface area contributed by atoms with Crippen LogP contribution in [0.1, 0.15) is 32.5 Å². The average molecular weight is 252 g/mol. The van der Waals surface area contributed by atoms with E-state index in [4.69, 9.17) is 4.74 Å². The topological polar surface area (TPSA) is 52.0 Å². The van der Waals surface area contributed by atoms with Crippen molar-refractivity contribution < 1.29 is 4.74 Å². The minimum absolute atomic E-state index is 0.170. The zero-order valence-corrected chi connectivity index (χ0v) is 11.6. The van der Waals surface area contributed by atoms with Gasteiger partial charge in [0.15, 0.2) is 0 Å². The Morgan fingerprint density at radius 1 is 1.56 bits per heavy atom. The monoisotopic (exact) mass is 252 g/mol. The Bertz CT molecular complexity index is 369. The molecule has 0 saturated carbocycles. The molecule has 5 nitrogen and oxygen atoms in total. The maximum atomic E-state index is 5.71. The van der Waals surface area contributed by atoms with Gasteiger partial charge in [0.1, 0.15) is 12.2 Å². The van der Waals surface area contributed by atoms with Gasteiger partial charge in [-0.3, -0.25) is 4.68 Å². The van der Waals surface area contributed by atoms with Crippen LogP contribution in [0.3, 0.4) is 0 Å². The summed E-state index contributed by atoms with van der Waals surface area (Å²) in [5.41, 5.74) is 0.170. The second-order valence-corrected chi connectivity index (χ2v) is 5.67. The van der Waals surface area contributed by atoms with E-state index in [1.165, 1.54) is 6.42 Å². The molecule has 0 aromatic carbocycles. The van der Waals surface area contributed by atoms with Gasteiger partial charge >= 0.3 is 0 Å². The minimum atomic E-state index is 0.170. The lowest BCUT2D eigenvalue weighted by molar-refractivity contribution is -0.00942. The highest BCUT2D eigenvalue weighted by Crippen LogP contribution is 2.31. The minimum Gasteiger partial charge on any atom is -0.381 e. The Balaban J connectivity index is 2.06. The van der Waals surface area contributed by atoms with E-state index < -0.39 is 0 Å². The first-order valence-corrected chi connectivity index (χ1v) is 6.75. The molecule has 1 unspecified atom stereocenters. The number of nitrogens with zero attached hydrogens (tertiary/aromatic N) is 3. The fourth-order valence-corrected chi connectivity index (χ4v) is 2.49. The fourth-order valence-electron chi connectivity index (χ4n) is 2.49. The summed E-state index contributed by atoms with van der Waals surface area (Å²) in [5.74, 6) is 1.05. The standard InChI is InChI=1S/C13H24N4O/c1-11(2)14-8-13(5-4-6-18-9-13)7-12-15-10-16-17(12)3/h10-11,14H,4-9H2,1-3H3. The van der Waals surface area contributed by atoms with Crippen LogP contribution < -0.4 is 5.32 Å². The van der Waals surface area contributed by atoms with Crippen molar-refractivity contribution in [3.8, 4) is 0 Å². The smallest absolute Gasteiger partial charge is 0.138 e. The molecule has 5 heteroatoms. The van der Waals surface area contributed by atoms with E-state index in [0.29, 0.717) is 6.04 Å². The van der Waals surface area contributed by atoms with Gasteiger partial charge in [-0.1, -0.05) is 13.8 Å². The molecule has 1 N–H and O–H groups in total. The van der Waals surface area contributed by atoms with Crippen LogP contribution in [-0.2, 0) is 18.2 Å². The van der Waals surface area contributed by atoms with Gasteiger partial charge in [0, 0.05) is 38.1 Å². The largest absolute Gasteiger partial charge is 0.381 e. The summed E-state index contributed by atoms with van der Waals surface area (Å²) in [6.07, 6.45) is 4.89. The normalized spacial score (nSPS) is 24.7. The predicted octanol–water partition coefficient (Wildman–Crippen LogP) is 1.15. The number of hydrogen-bond donors (Lipinski definition) is 1. The van der Waals surface area contributed by atoms with Gasteiger partial charge in [-0.05, 0) is 12.8 Å². The first-order chi connectivity index (χ1) is 8.61. The Hall–Kier alpha value is -0.940. The third-order valence-electron chi connectivity index (χ3n) is 3.63. The zero-order chi connectivity index (χ0) is 13.0. The number of nitrogens with one attached hydrogen (secondary N) is 1. The lowest BCUT2D eigenvalue weighted by atomic mass is 9.79. The van der Waals surface area contributed by atoms with Crippen LogP contribution in [0, 0.1) is 5.41 Å². The van der Waals surface area contributed by atoms with E-state index in [9.17, 15) is 0 Å². The number of hydrogen-bond acceptors (Lipinski definition) is 4. The van der Waals surface area contributed by atoms with Crippen LogP contribution in [0.5, 0.6) is 0 Å². The SMILES string of the molecule is CC(C)NCC1(Cc2ncnn2C)CCCOC1. The van der Waals surface area contributed by atoms with Gasteiger partial charge in [0.25, 0.3) is 0 Å². The molecule has 2 rings (SSSR count). The highest BCUT2D eigenvalue weighted by molar-refractivity contribution is 4.96. The van der Waals surface area contributed by atoms with Gasteiger partial charge in [0.05, 0.1) is 6.61 Å². The lowest BCUT2D eigenvalue weighted by Gasteiger charge is -2.37. The molecule has 0 radical (unpaired) electrons. The first-order valence-electron chi connectivity index (χ1n) is 6.75. The molecule has 1 fully saturated rings. The van der Waals surface area contributed by atoms with Gasteiger partial charge < -0.3 is 10.1 Å². The molecule has 1 aromatic heterocycles. The number of rotatable bonds is 5. The molecule has 102 valence electrons. The van der Waals surface area contributed by atoms with E-state index in [0.717, 1.165) is 38.4 Å². The second kappa shape index (κ2) is 5.80. The van der Waals surface area contributed by atoms with Gasteiger partial charge in [-0.25, -0.2) is 4.98 Å². The Morgan fingerprint density at radius 3 is 2.94 bits per heavy atom. The third-order valence-corrected chi connectivity index (χ3v) is 3.63. The predicted molar refractivity (Wildman–Crippen MR) is 70.3 cm³/mol. The van der Waals surface area contributed by atoms with E-state index in [2.05, 4.69) is 29.2 Å². The molecular formula is C13H24N4O. The van der Waals surface area contributed by atoms with Crippen molar-refractivity contribution in [2.75, 3.05) is 19.8 Å². The lowest BCUT2D eigenvalue weighted by Crippen LogP contribution is -2.45. The van der Waals surface area contributed by atoms with Crippen molar-refractivity contribution in [2.45, 2.75) is 39.2 Å². The van der Waals surface area contributed by atoms with Crippen molar-refractivity contribution in [2.24, 2.45) is 12.5 Å². The molecular weight excluding hydrogens is 228 g/mol. The maximum Gasteiger partial charge on any atom is 0.138 e. The third kappa shape index (κ3) is 3.29. The highest BCUT2D eigenvalue weighted by atomic mass is 16.5. The molecule has 0 bridgehead atoms. The Morgan fingerprint density at radius 2 is 2.39 bits per heavy atom. The van der Waals surface area contributed by atoms with E-state index >= 15 is 0 Å². The molecule has 1 aliphatic rings. The Labute approximate surface area is 109 Å². The summed E-state index contributed by atoms with van der Waals surface area (Å²) in [6.45, 7) is 7.05. The first kappa shape index (κ1) is 13.5. The van der Waals surface area contributed by atoms with Crippen molar-refractivity contribution in [1.29, 1.82) is 0 Å². The molecule has 1 aromatic rings. The quantitative estimate of drug-likeness (QED) is 0.854. The van der Waals surface area contributed by atoms with Crippen LogP contribution >= 0.6 is 0 Å². The molecule has 1 atom stereocenters. The summed E-state index contributed by atoms with van der Waals surface area (Å²) >= 11 is 0. The zero-order valence-electron chi connectivity index (χ0n) is 11.6. The summed E-state index contributed by atoms with van der Waals surface area (Å²) < 4.78 is 7.58. The van der Waals surface area contributed by atoms with Crippen molar-refractivity contribution in [3.05, 3.63) is 12.2 Å². The fraction of sp³-hybridized carbons (Fsp3) is 0.846. The van der Waals surface area contributed by atoms with Gasteiger partial charge in [-0.15, -0.1) is 0 Å². The molecule has 0 aliphatic carbocycles. The summed E-state index contributed by atoms with van der Waals surface area (Å²) in [6, 6.07) is 0.503. The molecule has 0 amide bonds. The maximum absolute atomic E-state index is 5.71. The molecule has 0 spiro atoms. The van der Waals surface area contributed by atoms with E-state index in [1.807, 2.05) is 11.7 Å². The van der Waals surface area contributed by atoms with Crippen LogP contribution in [0.4, 0.5) is 0 Å². The molecule has 1 saturated heterocycles. The van der Waals surface area contributed by atoms with E-state index in [1.54, 1.807) is 6.33 Å². The number of aromatic nitrogens is 3. The number of ether oxygens (including phenoxy) is 1. The highest BCUT2D eigenvalue weighted by Gasteiger charge is 2.34. The summed E-state index contributed by atoms with van der Waals surface area (Å²) in [7, 11) is 1.95. The summed E-state index contributed by atoms with van der Waals surface area (Å²) in [5, 5.41) is 7.70. The van der Waals surface area contributed by atoms with Crippen molar-refractivity contribution in [1.82, 2.24) is 20.1 Å². The molecule has 2 heterocycles. The average Bonchev–Trinajstić information content (AvgIpc) is 2.74. The van der Waals surface area contributed by atoms with E-state index in [-0.39, 0.29) is 5.41 Å². The van der Waals surface area contributed by atoms with Crippen LogP contribution in [0.2, 0.25) is 0 Å². The number of aryl methyl sites for hydroxylation is 1. The second-order valence-electron chi connectivity index (χ2n) is 5.67. The van der Waals surface area contributed by atoms with Crippen LogP contribution in [0.25, 0.3) is 0 Å². The molecule has 18 heavy (non-hydrogen) atoms.